The molecule has 0 aliphatic heterocycles. The number of likely N-dealkylation sites (N-methyl/N-ethyl adjacent to an activating group) is 1. The molecule has 0 heterocycles. The SMILES string of the molecule is CC/C(C)=C/CC=CC(C)NC. The molecule has 1 atom stereocenters. The zero-order valence-electron chi connectivity index (χ0n) is 8.72. The van der Waals surface area contributed by atoms with Gasteiger partial charge in [-0.3, -0.25) is 0 Å². The lowest BCUT2D eigenvalue weighted by Crippen LogP contribution is -2.17. The molecule has 0 saturated carbocycles. The van der Waals surface area contributed by atoms with Crippen LogP contribution >= 0.6 is 0 Å². The zero-order valence-corrected chi connectivity index (χ0v) is 8.72. The van der Waals surface area contributed by atoms with Gasteiger partial charge in [0.2, 0.25) is 0 Å². The fraction of sp³-hybridized carbons (Fsp3) is 0.636. The van der Waals surface area contributed by atoms with Gasteiger partial charge in [0.15, 0.2) is 0 Å². The van der Waals surface area contributed by atoms with Crippen LogP contribution in [0, 0.1) is 0 Å². The van der Waals surface area contributed by atoms with Crippen LogP contribution in [0.15, 0.2) is 23.8 Å². The number of rotatable bonds is 5. The van der Waals surface area contributed by atoms with E-state index in [2.05, 4.69) is 44.3 Å². The van der Waals surface area contributed by atoms with Crippen LogP contribution < -0.4 is 5.32 Å². The third kappa shape index (κ3) is 6.17. The van der Waals surface area contributed by atoms with Gasteiger partial charge >= 0.3 is 0 Å². The Bertz CT molecular complexity index is 156. The summed E-state index contributed by atoms with van der Waals surface area (Å²) in [5, 5.41) is 3.16. The van der Waals surface area contributed by atoms with E-state index in [0.29, 0.717) is 6.04 Å². The van der Waals surface area contributed by atoms with Crippen LogP contribution in [0.25, 0.3) is 0 Å². The average molecular weight is 167 g/mol. The van der Waals surface area contributed by atoms with Gasteiger partial charge in [0.05, 0.1) is 0 Å². The second-order valence-electron chi connectivity index (χ2n) is 3.15. The Hall–Kier alpha value is -0.560. The van der Waals surface area contributed by atoms with Gasteiger partial charge in [-0.1, -0.05) is 30.7 Å². The lowest BCUT2D eigenvalue weighted by Gasteiger charge is -2.01. The first-order valence-electron chi connectivity index (χ1n) is 4.70. The van der Waals surface area contributed by atoms with Crippen LogP contribution in [0.1, 0.15) is 33.6 Å². The third-order valence-corrected chi connectivity index (χ3v) is 2.04. The normalized spacial score (nSPS) is 15.5. The minimum absolute atomic E-state index is 0.486. The van der Waals surface area contributed by atoms with Crippen molar-refractivity contribution in [3.05, 3.63) is 23.8 Å². The number of nitrogens with one attached hydrogen (secondary N) is 1. The summed E-state index contributed by atoms with van der Waals surface area (Å²) in [5.74, 6) is 0. The van der Waals surface area contributed by atoms with Crippen molar-refractivity contribution in [3.63, 3.8) is 0 Å². The lowest BCUT2D eigenvalue weighted by atomic mass is 10.2. The summed E-state index contributed by atoms with van der Waals surface area (Å²) in [6.07, 6.45) is 8.90. The Kier molecular flexibility index (Phi) is 6.78. The highest BCUT2D eigenvalue weighted by Gasteiger charge is 1.87. The summed E-state index contributed by atoms with van der Waals surface area (Å²) in [6, 6.07) is 0.486. The Labute approximate surface area is 76.6 Å². The highest BCUT2D eigenvalue weighted by molar-refractivity contribution is 5.02. The maximum atomic E-state index is 3.16. The molecular formula is C11H21N. The van der Waals surface area contributed by atoms with Crippen LogP contribution in [0.3, 0.4) is 0 Å². The summed E-state index contributed by atoms with van der Waals surface area (Å²) in [6.45, 7) is 6.51. The second-order valence-corrected chi connectivity index (χ2v) is 3.15. The van der Waals surface area contributed by atoms with Gasteiger partial charge in [0, 0.05) is 6.04 Å². The fourth-order valence-corrected chi connectivity index (χ4v) is 0.792. The predicted molar refractivity (Wildman–Crippen MR) is 56.3 cm³/mol. The standard InChI is InChI=1S/C11H21N/c1-5-10(2)8-6-7-9-11(3)12-4/h7-9,11-12H,5-6H2,1-4H3/b9-7?,10-8+. The smallest absolute Gasteiger partial charge is 0.0218 e. The highest BCUT2D eigenvalue weighted by atomic mass is 14.8. The van der Waals surface area contributed by atoms with Gasteiger partial charge < -0.3 is 5.32 Å². The lowest BCUT2D eigenvalue weighted by molar-refractivity contribution is 0.727. The molecule has 0 aromatic heterocycles. The van der Waals surface area contributed by atoms with Crippen molar-refractivity contribution in [2.75, 3.05) is 7.05 Å². The zero-order chi connectivity index (χ0) is 9.40. The van der Waals surface area contributed by atoms with E-state index in [-0.39, 0.29) is 0 Å². The number of hydrogen-bond donors (Lipinski definition) is 1. The molecule has 1 nitrogen and oxygen atoms in total. The molecule has 0 fully saturated rings. The molecule has 0 spiro atoms. The summed E-state index contributed by atoms with van der Waals surface area (Å²) in [4.78, 5) is 0. The van der Waals surface area contributed by atoms with E-state index < -0.39 is 0 Å². The van der Waals surface area contributed by atoms with Gasteiger partial charge in [-0.2, -0.15) is 0 Å². The van der Waals surface area contributed by atoms with Crippen molar-refractivity contribution in [2.45, 2.75) is 39.7 Å². The van der Waals surface area contributed by atoms with Crippen molar-refractivity contribution in [1.29, 1.82) is 0 Å². The molecule has 0 aromatic carbocycles. The molecule has 0 aliphatic rings. The van der Waals surface area contributed by atoms with E-state index in [0.717, 1.165) is 12.8 Å². The Balaban J connectivity index is 3.61. The maximum Gasteiger partial charge on any atom is 0.0218 e. The molecule has 0 bridgehead atoms. The maximum absolute atomic E-state index is 3.16. The predicted octanol–water partition coefficient (Wildman–Crippen LogP) is 2.90. The molecule has 0 aromatic rings. The summed E-state index contributed by atoms with van der Waals surface area (Å²) in [5.41, 5.74) is 1.47. The molecule has 0 aliphatic carbocycles. The van der Waals surface area contributed by atoms with Gasteiger partial charge in [0.25, 0.3) is 0 Å². The fourth-order valence-electron chi connectivity index (χ4n) is 0.792. The first kappa shape index (κ1) is 11.4. The second kappa shape index (κ2) is 7.11. The minimum atomic E-state index is 0.486. The van der Waals surface area contributed by atoms with Crippen LogP contribution in [0.4, 0.5) is 0 Å². The highest BCUT2D eigenvalue weighted by Crippen LogP contribution is 2.00. The summed E-state index contributed by atoms with van der Waals surface area (Å²) < 4.78 is 0. The average Bonchev–Trinajstić information content (AvgIpc) is 2.11. The van der Waals surface area contributed by atoms with Crippen molar-refractivity contribution in [1.82, 2.24) is 5.32 Å². The summed E-state index contributed by atoms with van der Waals surface area (Å²) >= 11 is 0. The minimum Gasteiger partial charge on any atom is -0.314 e. The van der Waals surface area contributed by atoms with Crippen molar-refractivity contribution in [2.24, 2.45) is 0 Å². The first-order valence-corrected chi connectivity index (χ1v) is 4.70. The molecule has 0 amide bonds. The van der Waals surface area contributed by atoms with Gasteiger partial charge in [-0.05, 0) is 33.7 Å². The topological polar surface area (TPSA) is 12.0 Å². The molecule has 0 saturated heterocycles. The molecule has 70 valence electrons. The molecule has 1 heteroatoms. The summed E-state index contributed by atoms with van der Waals surface area (Å²) in [7, 11) is 1.97. The van der Waals surface area contributed by atoms with Gasteiger partial charge in [-0.15, -0.1) is 0 Å². The Morgan fingerprint density at radius 3 is 2.67 bits per heavy atom. The van der Waals surface area contributed by atoms with E-state index in [9.17, 15) is 0 Å². The van der Waals surface area contributed by atoms with Gasteiger partial charge in [0.1, 0.15) is 0 Å². The van der Waals surface area contributed by atoms with Gasteiger partial charge in [-0.25, -0.2) is 0 Å². The van der Waals surface area contributed by atoms with Crippen LogP contribution in [-0.2, 0) is 0 Å². The van der Waals surface area contributed by atoms with E-state index >= 15 is 0 Å². The number of hydrogen-bond acceptors (Lipinski definition) is 1. The van der Waals surface area contributed by atoms with Crippen molar-refractivity contribution >= 4 is 0 Å². The molecule has 1 unspecified atom stereocenters. The Morgan fingerprint density at radius 2 is 2.17 bits per heavy atom. The van der Waals surface area contributed by atoms with E-state index in [1.165, 1.54) is 5.57 Å². The molecule has 0 radical (unpaired) electrons. The van der Waals surface area contributed by atoms with Crippen molar-refractivity contribution < 1.29 is 0 Å². The van der Waals surface area contributed by atoms with Crippen LogP contribution in [0.5, 0.6) is 0 Å². The van der Waals surface area contributed by atoms with E-state index in [1.54, 1.807) is 0 Å². The first-order chi connectivity index (χ1) is 5.70. The number of allylic oxidation sites excluding steroid dienone is 3. The monoisotopic (exact) mass is 167 g/mol. The van der Waals surface area contributed by atoms with E-state index in [4.69, 9.17) is 0 Å². The molecule has 0 rings (SSSR count). The molecular weight excluding hydrogens is 146 g/mol. The Morgan fingerprint density at radius 1 is 1.50 bits per heavy atom. The van der Waals surface area contributed by atoms with Crippen molar-refractivity contribution in [3.8, 4) is 0 Å². The third-order valence-electron chi connectivity index (χ3n) is 2.04. The molecule has 1 N–H and O–H groups in total. The van der Waals surface area contributed by atoms with Crippen LogP contribution in [-0.4, -0.2) is 13.1 Å². The quantitative estimate of drug-likeness (QED) is 0.621. The van der Waals surface area contributed by atoms with Crippen LogP contribution in [0.2, 0.25) is 0 Å². The largest absolute Gasteiger partial charge is 0.314 e. The molecule has 12 heavy (non-hydrogen) atoms. The van der Waals surface area contributed by atoms with E-state index in [1.807, 2.05) is 7.05 Å².